The van der Waals surface area contributed by atoms with Gasteiger partial charge in [-0.25, -0.2) is 4.79 Å². The standard InChI is InChI=1S/C12H11N3O2S2/c1-17-12(16)10-9(14)8(5-13)11(19-10)15-6-7-3-2-4-18-7/h2-4,15H,6,14H2,1H3. The van der Waals surface area contributed by atoms with Crippen LogP contribution in [0, 0.1) is 11.3 Å². The molecule has 3 N–H and O–H groups in total. The summed E-state index contributed by atoms with van der Waals surface area (Å²) in [4.78, 5) is 12.9. The summed E-state index contributed by atoms with van der Waals surface area (Å²) in [7, 11) is 1.28. The summed E-state index contributed by atoms with van der Waals surface area (Å²) in [5.74, 6) is -0.525. The topological polar surface area (TPSA) is 88.1 Å². The lowest BCUT2D eigenvalue weighted by Crippen LogP contribution is -2.02. The normalized spacial score (nSPS) is 9.89. The lowest BCUT2D eigenvalue weighted by molar-refractivity contribution is 0.0607. The smallest absolute Gasteiger partial charge is 0.350 e. The maximum absolute atomic E-state index is 11.5. The zero-order valence-electron chi connectivity index (χ0n) is 10.1. The molecule has 0 amide bonds. The van der Waals surface area contributed by atoms with Crippen molar-refractivity contribution in [2.45, 2.75) is 6.54 Å². The van der Waals surface area contributed by atoms with Crippen molar-refractivity contribution in [3.63, 3.8) is 0 Å². The van der Waals surface area contributed by atoms with Gasteiger partial charge in [0.05, 0.1) is 19.3 Å². The Morgan fingerprint density at radius 1 is 1.63 bits per heavy atom. The van der Waals surface area contributed by atoms with E-state index >= 15 is 0 Å². The second kappa shape index (κ2) is 5.73. The first-order chi connectivity index (χ1) is 9.17. The van der Waals surface area contributed by atoms with Crippen molar-refractivity contribution in [2.75, 3.05) is 18.2 Å². The highest BCUT2D eigenvalue weighted by Gasteiger charge is 2.21. The molecule has 0 aliphatic carbocycles. The molecule has 0 aliphatic heterocycles. The number of carbonyl (C=O) groups excluding carboxylic acids is 1. The first-order valence-corrected chi connectivity index (χ1v) is 7.04. The largest absolute Gasteiger partial charge is 0.465 e. The number of nitrogens with two attached hydrogens (primary N) is 1. The van der Waals surface area contributed by atoms with Gasteiger partial charge in [-0.05, 0) is 11.4 Å². The van der Waals surface area contributed by atoms with E-state index in [2.05, 4.69) is 10.1 Å². The Morgan fingerprint density at radius 3 is 3.00 bits per heavy atom. The van der Waals surface area contributed by atoms with E-state index in [0.717, 1.165) is 16.2 Å². The molecule has 19 heavy (non-hydrogen) atoms. The van der Waals surface area contributed by atoms with Gasteiger partial charge >= 0.3 is 5.97 Å². The van der Waals surface area contributed by atoms with Crippen LogP contribution in [0.1, 0.15) is 20.1 Å². The fraction of sp³-hybridized carbons (Fsp3) is 0.167. The van der Waals surface area contributed by atoms with E-state index < -0.39 is 5.97 Å². The average molecular weight is 293 g/mol. The van der Waals surface area contributed by atoms with Gasteiger partial charge in [0.1, 0.15) is 21.5 Å². The van der Waals surface area contributed by atoms with Crippen molar-refractivity contribution >= 4 is 39.3 Å². The molecule has 2 rings (SSSR count). The SMILES string of the molecule is COC(=O)c1sc(NCc2cccs2)c(C#N)c1N. The number of carbonyl (C=O) groups is 1. The van der Waals surface area contributed by atoms with Crippen molar-refractivity contribution < 1.29 is 9.53 Å². The minimum atomic E-state index is -0.525. The number of nitrogens with zero attached hydrogens (tertiary/aromatic N) is 1. The molecule has 0 fully saturated rings. The van der Waals surface area contributed by atoms with Crippen LogP contribution in [-0.2, 0) is 11.3 Å². The summed E-state index contributed by atoms with van der Waals surface area (Å²) in [5, 5.41) is 14.8. The van der Waals surface area contributed by atoms with Gasteiger partial charge in [0.25, 0.3) is 0 Å². The highest BCUT2D eigenvalue weighted by Crippen LogP contribution is 2.35. The zero-order valence-corrected chi connectivity index (χ0v) is 11.7. The average Bonchev–Trinajstić information content (AvgIpc) is 3.03. The van der Waals surface area contributed by atoms with Crippen molar-refractivity contribution in [1.29, 1.82) is 5.26 Å². The summed E-state index contributed by atoms with van der Waals surface area (Å²) in [6.45, 7) is 0.590. The van der Waals surface area contributed by atoms with Crippen LogP contribution in [0.3, 0.4) is 0 Å². The molecule has 0 bridgehead atoms. The Labute approximate surface area is 118 Å². The molecule has 98 valence electrons. The lowest BCUT2D eigenvalue weighted by atomic mass is 10.2. The van der Waals surface area contributed by atoms with E-state index in [1.807, 2.05) is 23.6 Å². The van der Waals surface area contributed by atoms with Crippen LogP contribution in [0.5, 0.6) is 0 Å². The van der Waals surface area contributed by atoms with E-state index in [0.29, 0.717) is 17.1 Å². The number of nitriles is 1. The van der Waals surface area contributed by atoms with Gasteiger partial charge in [-0.15, -0.1) is 22.7 Å². The van der Waals surface area contributed by atoms with E-state index in [9.17, 15) is 4.79 Å². The highest BCUT2D eigenvalue weighted by molar-refractivity contribution is 7.18. The Kier molecular flexibility index (Phi) is 4.04. The Bertz CT molecular complexity index is 626. The molecular weight excluding hydrogens is 282 g/mol. The molecule has 0 spiro atoms. The number of ether oxygens (including phenoxy) is 1. The van der Waals surface area contributed by atoms with Gasteiger partial charge in [0, 0.05) is 4.88 Å². The number of esters is 1. The van der Waals surface area contributed by atoms with Crippen LogP contribution < -0.4 is 11.1 Å². The molecule has 0 saturated heterocycles. The van der Waals surface area contributed by atoms with Crippen LogP contribution in [-0.4, -0.2) is 13.1 Å². The summed E-state index contributed by atoms with van der Waals surface area (Å²) < 4.78 is 4.64. The number of hydrogen-bond acceptors (Lipinski definition) is 7. The zero-order chi connectivity index (χ0) is 13.8. The number of nitrogens with one attached hydrogen (secondary N) is 1. The van der Waals surface area contributed by atoms with Crippen LogP contribution in [0.2, 0.25) is 0 Å². The maximum Gasteiger partial charge on any atom is 0.350 e. The summed E-state index contributed by atoms with van der Waals surface area (Å²) in [6, 6.07) is 5.95. The second-order valence-electron chi connectivity index (χ2n) is 3.59. The minimum Gasteiger partial charge on any atom is -0.465 e. The van der Waals surface area contributed by atoms with Gasteiger partial charge in [-0.2, -0.15) is 5.26 Å². The van der Waals surface area contributed by atoms with Gasteiger partial charge < -0.3 is 15.8 Å². The van der Waals surface area contributed by atoms with Crippen LogP contribution in [0.25, 0.3) is 0 Å². The van der Waals surface area contributed by atoms with Gasteiger partial charge in [-0.1, -0.05) is 6.07 Å². The van der Waals surface area contributed by atoms with Crippen LogP contribution in [0.4, 0.5) is 10.7 Å². The summed E-state index contributed by atoms with van der Waals surface area (Å²) in [6.07, 6.45) is 0. The molecule has 2 aromatic rings. The minimum absolute atomic E-state index is 0.174. The third-order valence-corrected chi connectivity index (χ3v) is 4.45. The monoisotopic (exact) mass is 293 g/mol. The molecule has 5 nitrogen and oxygen atoms in total. The first kappa shape index (κ1) is 13.4. The second-order valence-corrected chi connectivity index (χ2v) is 5.64. The molecule has 0 atom stereocenters. The fourth-order valence-electron chi connectivity index (χ4n) is 1.50. The van der Waals surface area contributed by atoms with E-state index in [4.69, 9.17) is 11.0 Å². The Hall–Kier alpha value is -2.04. The molecule has 0 unspecified atom stereocenters. The molecule has 2 aromatic heterocycles. The molecule has 0 radical (unpaired) electrons. The van der Waals surface area contributed by atoms with Crippen LogP contribution in [0.15, 0.2) is 17.5 Å². The van der Waals surface area contributed by atoms with Crippen molar-refractivity contribution in [3.05, 3.63) is 32.8 Å². The third-order valence-electron chi connectivity index (χ3n) is 2.43. The Balaban J connectivity index is 2.25. The van der Waals surface area contributed by atoms with E-state index in [1.54, 1.807) is 11.3 Å². The highest BCUT2D eigenvalue weighted by atomic mass is 32.1. The number of methoxy groups -OCH3 is 1. The number of hydrogen-bond donors (Lipinski definition) is 2. The summed E-state index contributed by atoms with van der Waals surface area (Å²) >= 11 is 2.75. The van der Waals surface area contributed by atoms with Gasteiger partial charge in [-0.3, -0.25) is 0 Å². The molecule has 0 aromatic carbocycles. The van der Waals surface area contributed by atoms with Crippen molar-refractivity contribution in [3.8, 4) is 6.07 Å². The molecule has 7 heteroatoms. The fourth-order valence-corrected chi connectivity index (χ4v) is 3.13. The van der Waals surface area contributed by atoms with Crippen molar-refractivity contribution in [1.82, 2.24) is 0 Å². The first-order valence-electron chi connectivity index (χ1n) is 5.34. The summed E-state index contributed by atoms with van der Waals surface area (Å²) in [5.41, 5.74) is 6.26. The predicted molar refractivity (Wildman–Crippen MR) is 76.4 cm³/mol. The third kappa shape index (κ3) is 2.70. The molecule has 0 saturated carbocycles. The number of anilines is 2. The molecule has 2 heterocycles. The number of thiophene rings is 2. The molecular formula is C12H11N3O2S2. The quantitative estimate of drug-likeness (QED) is 0.846. The van der Waals surface area contributed by atoms with Gasteiger partial charge in [0.2, 0.25) is 0 Å². The Morgan fingerprint density at radius 2 is 2.42 bits per heavy atom. The number of nitrogen functional groups attached to an aromatic ring is 1. The van der Waals surface area contributed by atoms with Crippen molar-refractivity contribution in [2.24, 2.45) is 0 Å². The lowest BCUT2D eigenvalue weighted by Gasteiger charge is -2.01. The van der Waals surface area contributed by atoms with E-state index in [1.165, 1.54) is 7.11 Å². The molecule has 0 aliphatic rings. The number of rotatable bonds is 4. The predicted octanol–water partition coefficient (Wildman–Crippen LogP) is 2.66. The maximum atomic E-state index is 11.5. The van der Waals surface area contributed by atoms with Crippen LogP contribution >= 0.6 is 22.7 Å². The van der Waals surface area contributed by atoms with E-state index in [-0.39, 0.29) is 10.6 Å². The van der Waals surface area contributed by atoms with Gasteiger partial charge in [0.15, 0.2) is 0 Å².